The van der Waals surface area contributed by atoms with Gasteiger partial charge in [-0.15, -0.1) is 0 Å². The Morgan fingerprint density at radius 2 is 1.90 bits per heavy atom. The van der Waals surface area contributed by atoms with Gasteiger partial charge in [-0.1, -0.05) is 29.8 Å². The molecule has 102 valence electrons. The van der Waals surface area contributed by atoms with E-state index in [1.54, 1.807) is 10.9 Å². The standard InChI is InChI=1S/C15H17N5/c1-11-3-5-12(6-4-11)8-20-10-14(16)15(18-20)13-7-17-19(2)9-13/h3-7,9-10H,8,16H2,1-2H3. The van der Waals surface area contributed by atoms with Crippen molar-refractivity contribution in [3.05, 3.63) is 54.0 Å². The van der Waals surface area contributed by atoms with Crippen LogP contribution in [-0.2, 0) is 13.6 Å². The van der Waals surface area contributed by atoms with Crippen LogP contribution in [0.2, 0.25) is 0 Å². The van der Waals surface area contributed by atoms with Crippen LogP contribution < -0.4 is 5.73 Å². The number of nitrogen functional groups attached to an aromatic ring is 1. The lowest BCUT2D eigenvalue weighted by atomic mass is 10.1. The van der Waals surface area contributed by atoms with Crippen molar-refractivity contribution in [3.8, 4) is 11.3 Å². The summed E-state index contributed by atoms with van der Waals surface area (Å²) in [5, 5.41) is 8.70. The Hall–Kier alpha value is -2.56. The minimum absolute atomic E-state index is 0.671. The van der Waals surface area contributed by atoms with Crippen molar-refractivity contribution in [2.24, 2.45) is 7.05 Å². The average molecular weight is 267 g/mol. The molecule has 2 N–H and O–H groups in total. The molecule has 0 aliphatic carbocycles. The van der Waals surface area contributed by atoms with Gasteiger partial charge in [-0.25, -0.2) is 0 Å². The first-order chi connectivity index (χ1) is 9.61. The second-order valence-corrected chi connectivity index (χ2v) is 5.02. The number of anilines is 1. The molecule has 0 saturated carbocycles. The SMILES string of the molecule is Cc1ccc(Cn2cc(N)c(-c3cnn(C)c3)n2)cc1. The first kappa shape index (κ1) is 12.5. The topological polar surface area (TPSA) is 61.7 Å². The van der Waals surface area contributed by atoms with Gasteiger partial charge in [0, 0.05) is 25.0 Å². The molecule has 20 heavy (non-hydrogen) atoms. The summed E-state index contributed by atoms with van der Waals surface area (Å²) in [6, 6.07) is 8.42. The Morgan fingerprint density at radius 1 is 1.15 bits per heavy atom. The number of benzene rings is 1. The first-order valence-electron chi connectivity index (χ1n) is 6.49. The minimum Gasteiger partial charge on any atom is -0.396 e. The number of aryl methyl sites for hydroxylation is 2. The molecule has 0 spiro atoms. The Morgan fingerprint density at radius 3 is 2.55 bits per heavy atom. The summed E-state index contributed by atoms with van der Waals surface area (Å²) in [6.07, 6.45) is 5.55. The summed E-state index contributed by atoms with van der Waals surface area (Å²) in [6.45, 7) is 2.79. The predicted octanol–water partition coefficient (Wildman–Crippen LogP) is 2.22. The fraction of sp³-hybridized carbons (Fsp3) is 0.200. The van der Waals surface area contributed by atoms with Gasteiger partial charge < -0.3 is 5.73 Å². The minimum atomic E-state index is 0.671. The molecule has 0 saturated heterocycles. The fourth-order valence-electron chi connectivity index (χ4n) is 2.17. The molecule has 0 amide bonds. The second-order valence-electron chi connectivity index (χ2n) is 5.02. The summed E-state index contributed by atoms with van der Waals surface area (Å²) in [7, 11) is 1.88. The van der Waals surface area contributed by atoms with E-state index in [1.807, 2.05) is 24.1 Å². The van der Waals surface area contributed by atoms with Gasteiger partial charge in [0.05, 0.1) is 18.4 Å². The summed E-state index contributed by atoms with van der Waals surface area (Å²) in [5.74, 6) is 0. The Kier molecular flexibility index (Phi) is 3.02. The summed E-state index contributed by atoms with van der Waals surface area (Å²) < 4.78 is 3.61. The molecule has 0 aliphatic heterocycles. The lowest BCUT2D eigenvalue weighted by molar-refractivity contribution is 0.689. The van der Waals surface area contributed by atoms with Crippen LogP contribution >= 0.6 is 0 Å². The lowest BCUT2D eigenvalue weighted by Gasteiger charge is -2.02. The third-order valence-corrected chi connectivity index (χ3v) is 3.23. The highest BCUT2D eigenvalue weighted by molar-refractivity contribution is 5.70. The van der Waals surface area contributed by atoms with Crippen molar-refractivity contribution < 1.29 is 0 Å². The van der Waals surface area contributed by atoms with E-state index in [1.165, 1.54) is 11.1 Å². The van der Waals surface area contributed by atoms with Crippen LogP contribution in [0.1, 0.15) is 11.1 Å². The van der Waals surface area contributed by atoms with Crippen LogP contribution in [0.4, 0.5) is 5.69 Å². The molecule has 0 atom stereocenters. The normalized spacial score (nSPS) is 10.9. The Labute approximate surface area is 117 Å². The Balaban J connectivity index is 1.87. The van der Waals surface area contributed by atoms with Gasteiger partial charge in [-0.3, -0.25) is 9.36 Å². The lowest BCUT2D eigenvalue weighted by Crippen LogP contribution is -2.00. The summed E-state index contributed by atoms with van der Waals surface area (Å²) >= 11 is 0. The molecule has 5 heteroatoms. The molecule has 1 aromatic carbocycles. The molecule has 0 fully saturated rings. The van der Waals surface area contributed by atoms with E-state index in [0.717, 1.165) is 11.3 Å². The third-order valence-electron chi connectivity index (χ3n) is 3.23. The molecule has 3 rings (SSSR count). The highest BCUT2D eigenvalue weighted by atomic mass is 15.3. The number of hydrogen-bond donors (Lipinski definition) is 1. The van der Waals surface area contributed by atoms with E-state index in [0.29, 0.717) is 12.2 Å². The van der Waals surface area contributed by atoms with Crippen LogP contribution in [0, 0.1) is 6.92 Å². The van der Waals surface area contributed by atoms with E-state index in [4.69, 9.17) is 5.73 Å². The zero-order chi connectivity index (χ0) is 14.1. The molecule has 2 heterocycles. The van der Waals surface area contributed by atoms with E-state index in [-0.39, 0.29) is 0 Å². The van der Waals surface area contributed by atoms with Crippen LogP contribution in [0.15, 0.2) is 42.9 Å². The quantitative estimate of drug-likeness (QED) is 0.791. The highest BCUT2D eigenvalue weighted by Gasteiger charge is 2.10. The van der Waals surface area contributed by atoms with E-state index in [9.17, 15) is 0 Å². The maximum absolute atomic E-state index is 6.04. The van der Waals surface area contributed by atoms with Gasteiger partial charge >= 0.3 is 0 Å². The number of nitrogens with zero attached hydrogens (tertiary/aromatic N) is 4. The molecule has 2 aromatic heterocycles. The number of rotatable bonds is 3. The second kappa shape index (κ2) is 4.85. The van der Waals surface area contributed by atoms with Gasteiger partial charge in [-0.05, 0) is 12.5 Å². The van der Waals surface area contributed by atoms with E-state index < -0.39 is 0 Å². The van der Waals surface area contributed by atoms with E-state index >= 15 is 0 Å². The Bertz CT molecular complexity index is 721. The predicted molar refractivity (Wildman–Crippen MR) is 79.1 cm³/mol. The molecule has 0 bridgehead atoms. The molecule has 5 nitrogen and oxygen atoms in total. The highest BCUT2D eigenvalue weighted by Crippen LogP contribution is 2.23. The van der Waals surface area contributed by atoms with Gasteiger partial charge in [0.15, 0.2) is 0 Å². The van der Waals surface area contributed by atoms with Gasteiger partial charge in [0.1, 0.15) is 5.69 Å². The smallest absolute Gasteiger partial charge is 0.118 e. The third kappa shape index (κ3) is 2.42. The van der Waals surface area contributed by atoms with Gasteiger partial charge in [-0.2, -0.15) is 10.2 Å². The number of hydrogen-bond acceptors (Lipinski definition) is 3. The van der Waals surface area contributed by atoms with Crippen molar-refractivity contribution in [1.82, 2.24) is 19.6 Å². The fourth-order valence-corrected chi connectivity index (χ4v) is 2.17. The van der Waals surface area contributed by atoms with Gasteiger partial charge in [0.25, 0.3) is 0 Å². The number of nitrogens with two attached hydrogens (primary N) is 1. The van der Waals surface area contributed by atoms with Crippen molar-refractivity contribution >= 4 is 5.69 Å². The summed E-state index contributed by atoms with van der Waals surface area (Å²) in [5.41, 5.74) is 10.9. The molecule has 0 aliphatic rings. The van der Waals surface area contributed by atoms with Crippen molar-refractivity contribution in [2.45, 2.75) is 13.5 Å². The van der Waals surface area contributed by atoms with Crippen molar-refractivity contribution in [1.29, 1.82) is 0 Å². The molecule has 0 unspecified atom stereocenters. The molecular weight excluding hydrogens is 250 g/mol. The monoisotopic (exact) mass is 267 g/mol. The molecule has 3 aromatic rings. The largest absolute Gasteiger partial charge is 0.396 e. The zero-order valence-corrected chi connectivity index (χ0v) is 11.6. The van der Waals surface area contributed by atoms with E-state index in [2.05, 4.69) is 41.4 Å². The van der Waals surface area contributed by atoms with Crippen LogP contribution in [0.25, 0.3) is 11.3 Å². The van der Waals surface area contributed by atoms with Crippen molar-refractivity contribution in [2.75, 3.05) is 5.73 Å². The zero-order valence-electron chi connectivity index (χ0n) is 11.6. The van der Waals surface area contributed by atoms with Crippen LogP contribution in [-0.4, -0.2) is 19.6 Å². The number of aromatic nitrogens is 4. The first-order valence-corrected chi connectivity index (χ1v) is 6.49. The summed E-state index contributed by atoms with van der Waals surface area (Å²) in [4.78, 5) is 0. The average Bonchev–Trinajstić information content (AvgIpc) is 2.98. The maximum atomic E-state index is 6.04. The van der Waals surface area contributed by atoms with Gasteiger partial charge in [0.2, 0.25) is 0 Å². The van der Waals surface area contributed by atoms with Crippen molar-refractivity contribution in [3.63, 3.8) is 0 Å². The molecule has 0 radical (unpaired) electrons. The molecular formula is C15H17N5. The maximum Gasteiger partial charge on any atom is 0.118 e. The van der Waals surface area contributed by atoms with Crippen LogP contribution in [0.5, 0.6) is 0 Å². The van der Waals surface area contributed by atoms with Crippen LogP contribution in [0.3, 0.4) is 0 Å².